The fraction of sp³-hybridized carbons (Fsp3) is 0.238. The van der Waals surface area contributed by atoms with Gasteiger partial charge in [0.25, 0.3) is 0 Å². The first-order chi connectivity index (χ1) is 13.3. The summed E-state index contributed by atoms with van der Waals surface area (Å²) in [5, 5.41) is 11.6. The fourth-order valence-electron chi connectivity index (χ4n) is 2.42. The Morgan fingerprint density at radius 1 is 1.18 bits per heavy atom. The van der Waals surface area contributed by atoms with E-state index in [-0.39, 0.29) is 5.70 Å². The van der Waals surface area contributed by atoms with Crippen molar-refractivity contribution in [3.8, 4) is 11.5 Å². The summed E-state index contributed by atoms with van der Waals surface area (Å²) in [6.07, 6.45) is 1.39. The van der Waals surface area contributed by atoms with Crippen LogP contribution < -0.4 is 14.8 Å². The van der Waals surface area contributed by atoms with Gasteiger partial charge in [0.2, 0.25) is 5.91 Å². The topological polar surface area (TPSA) is 84.9 Å². The normalized spacial score (nSPS) is 11.1. The second-order valence-corrected chi connectivity index (χ2v) is 7.24. The predicted octanol–water partition coefficient (Wildman–Crippen LogP) is 4.14. The molecule has 148 valence electrons. The Morgan fingerprint density at radius 3 is 2.43 bits per heavy atom. The summed E-state index contributed by atoms with van der Waals surface area (Å²) in [4.78, 5) is 22.6. The zero-order valence-electron chi connectivity index (χ0n) is 15.9. The molecule has 2 rings (SSSR count). The van der Waals surface area contributed by atoms with Crippen molar-refractivity contribution in [2.45, 2.75) is 27.4 Å². The van der Waals surface area contributed by atoms with Crippen molar-refractivity contribution >= 4 is 40.5 Å². The first-order valence-corrected chi connectivity index (χ1v) is 9.75. The number of amides is 1. The van der Waals surface area contributed by atoms with Gasteiger partial charge in [0, 0.05) is 6.92 Å². The Hall–Kier alpha value is -2.55. The molecule has 0 unspecified atom stereocenters. The molecule has 0 saturated heterocycles. The predicted molar refractivity (Wildman–Crippen MR) is 115 cm³/mol. The van der Waals surface area contributed by atoms with Crippen molar-refractivity contribution in [2.75, 3.05) is 6.61 Å². The Bertz CT molecular complexity index is 890. The van der Waals surface area contributed by atoms with Gasteiger partial charge in [0.1, 0.15) is 12.3 Å². The smallest absolute Gasteiger partial charge is 0.352 e. The Balaban J connectivity index is 2.33. The van der Waals surface area contributed by atoms with E-state index in [2.05, 4.69) is 27.9 Å². The largest absolute Gasteiger partial charge is 0.490 e. The molecule has 0 aromatic heterocycles. The zero-order valence-corrected chi connectivity index (χ0v) is 18.1. The van der Waals surface area contributed by atoms with Crippen LogP contribution in [0.5, 0.6) is 11.5 Å². The Kier molecular flexibility index (Phi) is 7.86. The van der Waals surface area contributed by atoms with Gasteiger partial charge < -0.3 is 19.9 Å². The minimum absolute atomic E-state index is 0.209. The highest BCUT2D eigenvalue weighted by Crippen LogP contribution is 2.35. The molecule has 28 heavy (non-hydrogen) atoms. The van der Waals surface area contributed by atoms with E-state index in [1.165, 1.54) is 18.6 Å². The van der Waals surface area contributed by atoms with Crippen LogP contribution >= 0.6 is 22.6 Å². The number of carbonyl (C=O) groups excluding carboxylic acids is 1. The maximum Gasteiger partial charge on any atom is 0.352 e. The molecule has 2 N–H and O–H groups in total. The van der Waals surface area contributed by atoms with E-state index in [4.69, 9.17) is 9.47 Å². The van der Waals surface area contributed by atoms with Crippen LogP contribution in [0.15, 0.2) is 42.1 Å². The minimum atomic E-state index is -1.22. The number of rotatable bonds is 8. The van der Waals surface area contributed by atoms with Crippen LogP contribution in [0.3, 0.4) is 0 Å². The van der Waals surface area contributed by atoms with Crippen LogP contribution in [0.1, 0.15) is 30.5 Å². The molecule has 0 atom stereocenters. The molecule has 0 fully saturated rings. The summed E-state index contributed by atoms with van der Waals surface area (Å²) >= 11 is 2.12. The maximum absolute atomic E-state index is 11.3. The van der Waals surface area contributed by atoms with Gasteiger partial charge >= 0.3 is 5.97 Å². The van der Waals surface area contributed by atoms with E-state index in [1.54, 1.807) is 12.1 Å². The first kappa shape index (κ1) is 21.7. The summed E-state index contributed by atoms with van der Waals surface area (Å²) < 4.78 is 12.4. The second-order valence-electron chi connectivity index (χ2n) is 6.08. The maximum atomic E-state index is 11.3. The third kappa shape index (κ3) is 6.26. The molecule has 2 aromatic carbocycles. The lowest BCUT2D eigenvalue weighted by Gasteiger charge is -2.15. The van der Waals surface area contributed by atoms with Gasteiger partial charge in [-0.2, -0.15) is 0 Å². The molecule has 0 spiro atoms. The Labute approximate surface area is 177 Å². The number of nitrogens with one attached hydrogen (secondary N) is 1. The van der Waals surface area contributed by atoms with Crippen molar-refractivity contribution in [2.24, 2.45) is 0 Å². The van der Waals surface area contributed by atoms with E-state index >= 15 is 0 Å². The Morgan fingerprint density at radius 2 is 1.86 bits per heavy atom. The number of ether oxygens (including phenoxy) is 2. The lowest BCUT2D eigenvalue weighted by molar-refractivity contribution is -0.134. The summed E-state index contributed by atoms with van der Waals surface area (Å²) in [6, 6.07) is 11.5. The van der Waals surface area contributed by atoms with E-state index in [0.717, 1.165) is 9.13 Å². The number of carbonyl (C=O) groups is 2. The third-order valence-electron chi connectivity index (χ3n) is 3.69. The van der Waals surface area contributed by atoms with Crippen LogP contribution in [-0.4, -0.2) is 23.6 Å². The van der Waals surface area contributed by atoms with E-state index in [9.17, 15) is 14.7 Å². The minimum Gasteiger partial charge on any atom is -0.490 e. The van der Waals surface area contributed by atoms with Crippen molar-refractivity contribution in [1.29, 1.82) is 0 Å². The van der Waals surface area contributed by atoms with Crippen LogP contribution in [0, 0.1) is 10.5 Å². The van der Waals surface area contributed by atoms with Crippen LogP contribution in [0.2, 0.25) is 0 Å². The second kappa shape index (κ2) is 10.1. The number of hydrogen-bond acceptors (Lipinski definition) is 4. The number of carboxylic acids is 1. The third-order valence-corrected chi connectivity index (χ3v) is 4.49. The standard InChI is InChI=1S/C21H22INO5/c1-4-27-19-11-16(10-18(21(25)26)23-14(3)24)9-17(22)20(19)28-12-15-7-5-13(2)6-8-15/h5-11H,4,12H2,1-3H3,(H,23,24)(H,25,26). The van der Waals surface area contributed by atoms with Gasteiger partial charge in [-0.3, -0.25) is 4.79 Å². The molecule has 0 aliphatic carbocycles. The van der Waals surface area contributed by atoms with Gasteiger partial charge in [-0.15, -0.1) is 0 Å². The molecule has 0 radical (unpaired) electrons. The quantitative estimate of drug-likeness (QED) is 0.425. The molecule has 6 nitrogen and oxygen atoms in total. The number of aryl methyl sites for hydroxylation is 1. The first-order valence-electron chi connectivity index (χ1n) is 8.67. The monoisotopic (exact) mass is 495 g/mol. The van der Waals surface area contributed by atoms with E-state index < -0.39 is 11.9 Å². The molecule has 0 bridgehead atoms. The highest BCUT2D eigenvalue weighted by molar-refractivity contribution is 14.1. The number of benzene rings is 2. The van der Waals surface area contributed by atoms with Crippen molar-refractivity contribution in [1.82, 2.24) is 5.32 Å². The number of carboxylic acid groups (broad SMARTS) is 1. The summed E-state index contributed by atoms with van der Waals surface area (Å²) in [5.74, 6) is -0.564. The molecule has 2 aromatic rings. The number of aliphatic carboxylic acids is 1. The molecular weight excluding hydrogens is 473 g/mol. The fourth-order valence-corrected chi connectivity index (χ4v) is 3.20. The van der Waals surface area contributed by atoms with Crippen LogP contribution in [-0.2, 0) is 16.2 Å². The average Bonchev–Trinajstić information content (AvgIpc) is 2.62. The highest BCUT2D eigenvalue weighted by atomic mass is 127. The van der Waals surface area contributed by atoms with Gasteiger partial charge in [-0.25, -0.2) is 4.79 Å². The summed E-state index contributed by atoms with van der Waals surface area (Å²) in [5.41, 5.74) is 2.59. The lowest BCUT2D eigenvalue weighted by atomic mass is 10.1. The number of hydrogen-bond donors (Lipinski definition) is 2. The number of halogens is 1. The van der Waals surface area contributed by atoms with E-state index in [1.807, 2.05) is 38.1 Å². The molecule has 7 heteroatoms. The summed E-state index contributed by atoms with van der Waals surface area (Å²) in [6.45, 7) is 5.96. The van der Waals surface area contributed by atoms with Crippen molar-refractivity contribution < 1.29 is 24.2 Å². The lowest BCUT2D eigenvalue weighted by Crippen LogP contribution is -2.24. The van der Waals surface area contributed by atoms with Crippen molar-refractivity contribution in [3.05, 3.63) is 62.4 Å². The molecular formula is C21H22INO5. The summed E-state index contributed by atoms with van der Waals surface area (Å²) in [7, 11) is 0. The molecule has 0 saturated carbocycles. The van der Waals surface area contributed by atoms with Crippen molar-refractivity contribution in [3.63, 3.8) is 0 Å². The molecule has 0 aliphatic rings. The highest BCUT2D eigenvalue weighted by Gasteiger charge is 2.14. The molecule has 0 heterocycles. The van der Waals surface area contributed by atoms with Gasteiger partial charge in [-0.1, -0.05) is 29.8 Å². The molecule has 0 aliphatic heterocycles. The van der Waals surface area contributed by atoms with Gasteiger partial charge in [-0.05, 0) is 65.8 Å². The average molecular weight is 495 g/mol. The van der Waals surface area contributed by atoms with E-state index in [0.29, 0.717) is 30.3 Å². The van der Waals surface area contributed by atoms with Crippen LogP contribution in [0.4, 0.5) is 0 Å². The van der Waals surface area contributed by atoms with Gasteiger partial charge in [0.05, 0.1) is 10.2 Å². The SMILES string of the molecule is CCOc1cc(C=C(NC(C)=O)C(=O)O)cc(I)c1OCc1ccc(C)cc1. The van der Waals surface area contributed by atoms with Crippen LogP contribution in [0.25, 0.3) is 6.08 Å². The zero-order chi connectivity index (χ0) is 20.7. The van der Waals surface area contributed by atoms with Gasteiger partial charge in [0.15, 0.2) is 11.5 Å². The molecule has 1 amide bonds.